The van der Waals surface area contributed by atoms with Crippen LogP contribution >= 0.6 is 0 Å². The number of hydrogen-bond acceptors (Lipinski definition) is 3. The van der Waals surface area contributed by atoms with E-state index in [0.29, 0.717) is 11.8 Å². The first-order chi connectivity index (χ1) is 14.7. The van der Waals surface area contributed by atoms with Gasteiger partial charge in [-0.3, -0.25) is 0 Å². The predicted molar refractivity (Wildman–Crippen MR) is 132 cm³/mol. The fourth-order valence-electron chi connectivity index (χ4n) is 4.32. The Balaban J connectivity index is 2.18. The summed E-state index contributed by atoms with van der Waals surface area (Å²) in [5.41, 5.74) is 0. The monoisotopic (exact) mass is 438 g/mol. The Bertz CT molecular complexity index is 785. The van der Waals surface area contributed by atoms with E-state index in [1.807, 2.05) is 6.08 Å². The number of carbonyl (C=O) groups excluding carboxylic acids is 1. The van der Waals surface area contributed by atoms with E-state index in [1.54, 1.807) is 0 Å². The molecule has 0 heterocycles. The third-order valence-corrected chi connectivity index (χ3v) is 10.9. The summed E-state index contributed by atoms with van der Waals surface area (Å²) >= 11 is 0. The zero-order valence-corrected chi connectivity index (χ0v) is 20.9. The third-order valence-electron chi connectivity index (χ3n) is 5.88. The zero-order chi connectivity index (χ0) is 22.9. The van der Waals surface area contributed by atoms with Crippen LogP contribution in [0, 0.1) is 11.8 Å². The number of allylic oxidation sites excluding steroid dienone is 1. The molecule has 0 fully saturated rings. The van der Waals surface area contributed by atoms with Gasteiger partial charge >= 0.3 is 5.97 Å². The van der Waals surface area contributed by atoms with Crippen molar-refractivity contribution in [3.8, 4) is 0 Å². The van der Waals surface area contributed by atoms with E-state index in [-0.39, 0.29) is 11.0 Å². The number of benzene rings is 2. The number of carbonyl (C=O) groups is 1. The number of esters is 1. The Hall–Kier alpha value is -2.17. The molecule has 0 unspecified atom stereocenters. The molecule has 0 spiro atoms. The molecule has 3 nitrogen and oxygen atoms in total. The van der Waals surface area contributed by atoms with Crippen molar-refractivity contribution in [3.05, 3.63) is 72.8 Å². The Morgan fingerprint density at radius 1 is 0.968 bits per heavy atom. The lowest BCUT2D eigenvalue weighted by Crippen LogP contribution is -2.66. The van der Waals surface area contributed by atoms with E-state index in [2.05, 4.69) is 100 Å². The minimum Gasteiger partial charge on any atom is -0.466 e. The maximum Gasteiger partial charge on any atom is 0.330 e. The summed E-state index contributed by atoms with van der Waals surface area (Å²) in [5, 5.41) is 2.63. The summed E-state index contributed by atoms with van der Waals surface area (Å²) in [6.45, 7) is 12.0. The van der Waals surface area contributed by atoms with Crippen LogP contribution in [-0.4, -0.2) is 28.0 Å². The molecule has 0 aliphatic carbocycles. The summed E-state index contributed by atoms with van der Waals surface area (Å²) in [6, 6.07) is 21.5. The molecule has 168 valence electrons. The lowest BCUT2D eigenvalue weighted by molar-refractivity contribution is -0.134. The van der Waals surface area contributed by atoms with Gasteiger partial charge in [0.15, 0.2) is 0 Å². The first-order valence-electron chi connectivity index (χ1n) is 11.2. The van der Waals surface area contributed by atoms with Gasteiger partial charge in [-0.05, 0) is 40.1 Å². The fraction of sp³-hybridized carbons (Fsp3) is 0.444. The molecule has 4 heteroatoms. The Labute approximate surface area is 189 Å². The summed E-state index contributed by atoms with van der Waals surface area (Å²) in [5.74, 6) is 0.520. The average Bonchev–Trinajstić information content (AvgIpc) is 2.75. The molecule has 2 aromatic carbocycles. The summed E-state index contributed by atoms with van der Waals surface area (Å²) in [6.07, 6.45) is 5.46. The first kappa shape index (κ1) is 25.1. The van der Waals surface area contributed by atoms with Crippen molar-refractivity contribution >= 4 is 24.7 Å². The molecule has 2 rings (SSSR count). The normalized spacial score (nSPS) is 14.4. The topological polar surface area (TPSA) is 35.5 Å². The highest BCUT2D eigenvalue weighted by molar-refractivity contribution is 6.99. The van der Waals surface area contributed by atoms with E-state index in [0.717, 1.165) is 19.4 Å². The van der Waals surface area contributed by atoms with Crippen LogP contribution in [0.15, 0.2) is 72.8 Å². The summed E-state index contributed by atoms with van der Waals surface area (Å²) in [7, 11) is -1.06. The van der Waals surface area contributed by atoms with Gasteiger partial charge in [0.1, 0.15) is 0 Å². The van der Waals surface area contributed by atoms with Gasteiger partial charge in [-0.2, -0.15) is 0 Å². The van der Waals surface area contributed by atoms with Crippen molar-refractivity contribution in [1.29, 1.82) is 0 Å². The van der Waals surface area contributed by atoms with Crippen molar-refractivity contribution in [1.82, 2.24) is 0 Å². The minimum absolute atomic E-state index is 0.00448. The molecule has 2 aromatic rings. The lowest BCUT2D eigenvalue weighted by atomic mass is 9.95. The second kappa shape index (κ2) is 11.4. The van der Waals surface area contributed by atoms with Crippen LogP contribution in [0.3, 0.4) is 0 Å². The van der Waals surface area contributed by atoms with Crippen LogP contribution in [0.4, 0.5) is 0 Å². The molecule has 0 aliphatic heterocycles. The molecule has 0 aliphatic rings. The minimum atomic E-state index is -2.47. The highest BCUT2D eigenvalue weighted by Crippen LogP contribution is 2.37. The molecule has 2 atom stereocenters. The smallest absolute Gasteiger partial charge is 0.330 e. The Kier molecular flexibility index (Phi) is 9.26. The van der Waals surface area contributed by atoms with Crippen molar-refractivity contribution in [2.24, 2.45) is 11.8 Å². The molecule has 0 aromatic heterocycles. The maximum atomic E-state index is 11.3. The largest absolute Gasteiger partial charge is 0.466 e. The summed E-state index contributed by atoms with van der Waals surface area (Å²) < 4.78 is 11.7. The van der Waals surface area contributed by atoms with Crippen molar-refractivity contribution in [2.45, 2.75) is 52.5 Å². The Morgan fingerprint density at radius 3 is 1.94 bits per heavy atom. The van der Waals surface area contributed by atoms with Gasteiger partial charge in [0.2, 0.25) is 0 Å². The van der Waals surface area contributed by atoms with Crippen LogP contribution in [0.25, 0.3) is 0 Å². The van der Waals surface area contributed by atoms with E-state index in [4.69, 9.17) is 4.43 Å². The Morgan fingerprint density at radius 2 is 1.48 bits per heavy atom. The van der Waals surface area contributed by atoms with Crippen LogP contribution in [0.2, 0.25) is 5.04 Å². The van der Waals surface area contributed by atoms with E-state index >= 15 is 0 Å². The summed E-state index contributed by atoms with van der Waals surface area (Å²) in [4.78, 5) is 11.3. The quantitative estimate of drug-likeness (QED) is 0.285. The van der Waals surface area contributed by atoms with Gasteiger partial charge in [0.25, 0.3) is 8.32 Å². The number of hydrogen-bond donors (Lipinski definition) is 0. The van der Waals surface area contributed by atoms with Gasteiger partial charge in [-0.25, -0.2) is 4.79 Å². The van der Waals surface area contributed by atoms with Gasteiger partial charge in [-0.15, -0.1) is 0 Å². The number of rotatable bonds is 10. The van der Waals surface area contributed by atoms with E-state index in [9.17, 15) is 4.79 Å². The van der Waals surface area contributed by atoms with Gasteiger partial charge in [0.05, 0.1) is 7.11 Å². The van der Waals surface area contributed by atoms with E-state index in [1.165, 1.54) is 23.6 Å². The molecule has 0 saturated carbocycles. The highest BCUT2D eigenvalue weighted by atomic mass is 28.4. The molecular formula is C27H38O3Si. The molecular weight excluding hydrogens is 400 g/mol. The van der Waals surface area contributed by atoms with Gasteiger partial charge in [0, 0.05) is 12.7 Å². The molecule has 0 N–H and O–H groups in total. The second-order valence-electron chi connectivity index (χ2n) is 9.50. The van der Waals surface area contributed by atoms with Crippen LogP contribution in [-0.2, 0) is 14.0 Å². The average molecular weight is 439 g/mol. The van der Waals surface area contributed by atoms with Gasteiger partial charge in [-0.1, -0.05) is 101 Å². The molecule has 31 heavy (non-hydrogen) atoms. The highest BCUT2D eigenvalue weighted by Gasteiger charge is 2.49. The fourth-order valence-corrected chi connectivity index (χ4v) is 8.90. The van der Waals surface area contributed by atoms with Gasteiger partial charge < -0.3 is 9.16 Å². The predicted octanol–water partition coefficient (Wildman–Crippen LogP) is 5.34. The zero-order valence-electron chi connectivity index (χ0n) is 19.9. The first-order valence-corrected chi connectivity index (χ1v) is 13.1. The molecule has 0 radical (unpaired) electrons. The van der Waals surface area contributed by atoms with Crippen LogP contribution < -0.4 is 10.4 Å². The van der Waals surface area contributed by atoms with Crippen molar-refractivity contribution < 1.29 is 14.0 Å². The standard InChI is InChI=1S/C27H38O3Si/c1-22(17-18-26(28)29-6)21-23(2)19-20-30-31(27(3,4)5,24-13-9-7-10-14-24)25-15-11-8-12-16-25/h7-18,22-23H,19-21H2,1-6H3/b18-17+/t22-,23+/m0/s1. The second-order valence-corrected chi connectivity index (χ2v) is 13.8. The van der Waals surface area contributed by atoms with E-state index < -0.39 is 8.32 Å². The molecule has 0 saturated heterocycles. The van der Waals surface area contributed by atoms with Crippen molar-refractivity contribution in [3.63, 3.8) is 0 Å². The maximum absolute atomic E-state index is 11.3. The van der Waals surface area contributed by atoms with Crippen LogP contribution in [0.1, 0.15) is 47.5 Å². The number of methoxy groups -OCH3 is 1. The SMILES string of the molecule is COC(=O)/C=C/[C@H](C)C[C@H](C)CCO[Si](c1ccccc1)(c1ccccc1)C(C)(C)C. The number of ether oxygens (including phenoxy) is 1. The molecule has 0 amide bonds. The molecule has 0 bridgehead atoms. The lowest BCUT2D eigenvalue weighted by Gasteiger charge is -2.43. The third kappa shape index (κ3) is 6.65. The van der Waals surface area contributed by atoms with Crippen LogP contribution in [0.5, 0.6) is 0 Å². The van der Waals surface area contributed by atoms with Crippen molar-refractivity contribution in [2.75, 3.05) is 13.7 Å².